The molecular weight excluding hydrogens is 256 g/mol. The first kappa shape index (κ1) is 17.4. The predicted octanol–water partition coefficient (Wildman–Crippen LogP) is 1.72. The summed E-state index contributed by atoms with van der Waals surface area (Å²) in [6.07, 6.45) is 3.17. The van der Waals surface area contributed by atoms with Gasteiger partial charge in [-0.15, -0.1) is 0 Å². The van der Waals surface area contributed by atoms with Crippen molar-refractivity contribution in [2.75, 3.05) is 32.8 Å². The summed E-state index contributed by atoms with van der Waals surface area (Å²) in [6, 6.07) is 0.438. The molecule has 1 fully saturated rings. The molecule has 1 rings (SSSR count). The summed E-state index contributed by atoms with van der Waals surface area (Å²) in [6.45, 7) is 10.4. The number of ether oxygens (including phenoxy) is 1. The summed E-state index contributed by atoms with van der Waals surface area (Å²) in [5.74, 6) is -0.719. The number of nitrogens with zero attached hydrogens (tertiary/aromatic N) is 1. The van der Waals surface area contributed by atoms with Gasteiger partial charge in [0, 0.05) is 12.6 Å². The number of rotatable bonds is 9. The van der Waals surface area contributed by atoms with E-state index in [2.05, 4.69) is 24.1 Å². The average molecular weight is 286 g/mol. The number of morpholine rings is 1. The molecule has 1 aliphatic rings. The Morgan fingerprint density at radius 1 is 1.50 bits per heavy atom. The molecule has 0 bridgehead atoms. The van der Waals surface area contributed by atoms with Crippen molar-refractivity contribution in [3.8, 4) is 0 Å². The zero-order valence-corrected chi connectivity index (χ0v) is 13.2. The van der Waals surface area contributed by atoms with E-state index >= 15 is 0 Å². The normalized spacial score (nSPS) is 23.4. The van der Waals surface area contributed by atoms with Crippen LogP contribution in [0.25, 0.3) is 0 Å². The van der Waals surface area contributed by atoms with Gasteiger partial charge in [-0.1, -0.05) is 13.8 Å². The molecule has 0 amide bonds. The second-order valence-corrected chi connectivity index (χ2v) is 5.73. The molecule has 2 N–H and O–H groups in total. The van der Waals surface area contributed by atoms with Crippen molar-refractivity contribution in [1.82, 2.24) is 10.2 Å². The van der Waals surface area contributed by atoms with Crippen molar-refractivity contribution in [3.05, 3.63) is 0 Å². The number of hydrogen-bond acceptors (Lipinski definition) is 4. The van der Waals surface area contributed by atoms with E-state index in [0.29, 0.717) is 18.9 Å². The SMILES string of the molecule is CCCNC(CC)(CCCN1CCOCC1C)C(=O)O. The van der Waals surface area contributed by atoms with Gasteiger partial charge in [-0.25, -0.2) is 0 Å². The number of carboxylic acid groups (broad SMARTS) is 1. The van der Waals surface area contributed by atoms with Crippen LogP contribution in [0.5, 0.6) is 0 Å². The Hall–Kier alpha value is -0.650. The highest BCUT2D eigenvalue weighted by Crippen LogP contribution is 2.19. The Morgan fingerprint density at radius 2 is 2.25 bits per heavy atom. The molecule has 0 aromatic carbocycles. The van der Waals surface area contributed by atoms with E-state index < -0.39 is 11.5 Å². The lowest BCUT2D eigenvalue weighted by atomic mass is 9.90. The van der Waals surface area contributed by atoms with Gasteiger partial charge in [-0.05, 0) is 45.7 Å². The zero-order valence-electron chi connectivity index (χ0n) is 13.2. The largest absolute Gasteiger partial charge is 0.480 e. The lowest BCUT2D eigenvalue weighted by molar-refractivity contribution is -0.145. The van der Waals surface area contributed by atoms with Gasteiger partial charge in [0.25, 0.3) is 0 Å². The van der Waals surface area contributed by atoms with Crippen molar-refractivity contribution >= 4 is 5.97 Å². The maximum Gasteiger partial charge on any atom is 0.323 e. The second kappa shape index (κ2) is 8.60. The fourth-order valence-corrected chi connectivity index (χ4v) is 2.77. The number of nitrogens with one attached hydrogen (secondary N) is 1. The molecule has 1 saturated heterocycles. The number of aliphatic carboxylic acids is 1. The van der Waals surface area contributed by atoms with E-state index in [1.807, 2.05) is 6.92 Å². The highest BCUT2D eigenvalue weighted by atomic mass is 16.5. The van der Waals surface area contributed by atoms with Crippen LogP contribution in [0, 0.1) is 0 Å². The molecule has 118 valence electrons. The highest BCUT2D eigenvalue weighted by Gasteiger charge is 2.35. The van der Waals surface area contributed by atoms with Crippen LogP contribution >= 0.6 is 0 Å². The van der Waals surface area contributed by atoms with Gasteiger partial charge >= 0.3 is 5.97 Å². The van der Waals surface area contributed by atoms with E-state index in [-0.39, 0.29) is 0 Å². The molecule has 1 heterocycles. The predicted molar refractivity (Wildman–Crippen MR) is 80.0 cm³/mol. The summed E-state index contributed by atoms with van der Waals surface area (Å²) in [5, 5.41) is 12.8. The van der Waals surface area contributed by atoms with Crippen LogP contribution in [0.2, 0.25) is 0 Å². The van der Waals surface area contributed by atoms with Crippen molar-refractivity contribution in [3.63, 3.8) is 0 Å². The van der Waals surface area contributed by atoms with Crippen LogP contribution in [0.1, 0.15) is 46.5 Å². The lowest BCUT2D eigenvalue weighted by Gasteiger charge is -2.35. The lowest BCUT2D eigenvalue weighted by Crippen LogP contribution is -2.52. The quantitative estimate of drug-likeness (QED) is 0.676. The van der Waals surface area contributed by atoms with Crippen LogP contribution in [-0.2, 0) is 9.53 Å². The Bertz CT molecular complexity index is 299. The molecule has 2 unspecified atom stereocenters. The first-order valence-electron chi connectivity index (χ1n) is 7.86. The molecule has 0 aliphatic carbocycles. The molecule has 5 nitrogen and oxygen atoms in total. The summed E-state index contributed by atoms with van der Waals surface area (Å²) < 4.78 is 5.42. The smallest absolute Gasteiger partial charge is 0.323 e. The Balaban J connectivity index is 2.46. The summed E-state index contributed by atoms with van der Waals surface area (Å²) in [7, 11) is 0. The van der Waals surface area contributed by atoms with Gasteiger partial charge in [0.2, 0.25) is 0 Å². The van der Waals surface area contributed by atoms with E-state index in [1.165, 1.54) is 0 Å². The third kappa shape index (κ3) is 4.72. The van der Waals surface area contributed by atoms with Gasteiger partial charge in [0.1, 0.15) is 5.54 Å². The van der Waals surface area contributed by atoms with Gasteiger partial charge in [-0.2, -0.15) is 0 Å². The molecular formula is C15H30N2O3. The van der Waals surface area contributed by atoms with Gasteiger partial charge in [-0.3, -0.25) is 9.69 Å². The molecule has 0 saturated carbocycles. The van der Waals surface area contributed by atoms with Gasteiger partial charge in [0.05, 0.1) is 13.2 Å². The molecule has 0 aromatic heterocycles. The minimum absolute atomic E-state index is 0.438. The Morgan fingerprint density at radius 3 is 2.80 bits per heavy atom. The second-order valence-electron chi connectivity index (χ2n) is 5.73. The van der Waals surface area contributed by atoms with Crippen LogP contribution in [-0.4, -0.2) is 60.4 Å². The molecule has 2 atom stereocenters. The minimum atomic E-state index is -0.758. The third-order valence-electron chi connectivity index (χ3n) is 4.28. The molecule has 0 spiro atoms. The first-order valence-corrected chi connectivity index (χ1v) is 7.86. The standard InChI is InChI=1S/C15H30N2O3/c1-4-8-16-15(5-2,14(18)19)7-6-9-17-10-11-20-12-13(17)3/h13,16H,4-12H2,1-3H3,(H,18,19). The molecule has 5 heteroatoms. The van der Waals surface area contributed by atoms with Gasteiger partial charge < -0.3 is 15.2 Å². The fourth-order valence-electron chi connectivity index (χ4n) is 2.77. The maximum absolute atomic E-state index is 11.6. The average Bonchev–Trinajstić information content (AvgIpc) is 2.44. The monoisotopic (exact) mass is 286 g/mol. The zero-order chi connectivity index (χ0) is 15.0. The van der Waals surface area contributed by atoms with Crippen molar-refractivity contribution in [2.45, 2.75) is 58.0 Å². The van der Waals surface area contributed by atoms with Crippen LogP contribution in [0.15, 0.2) is 0 Å². The van der Waals surface area contributed by atoms with E-state index in [0.717, 1.165) is 45.7 Å². The van der Waals surface area contributed by atoms with E-state index in [1.54, 1.807) is 0 Å². The van der Waals surface area contributed by atoms with Gasteiger partial charge in [0.15, 0.2) is 0 Å². The molecule has 0 radical (unpaired) electrons. The van der Waals surface area contributed by atoms with Crippen LogP contribution < -0.4 is 5.32 Å². The molecule has 1 aliphatic heterocycles. The third-order valence-corrected chi connectivity index (χ3v) is 4.28. The first-order chi connectivity index (χ1) is 9.55. The van der Waals surface area contributed by atoms with Crippen molar-refractivity contribution in [1.29, 1.82) is 0 Å². The molecule has 20 heavy (non-hydrogen) atoms. The van der Waals surface area contributed by atoms with E-state index in [9.17, 15) is 9.90 Å². The molecule has 0 aromatic rings. The summed E-state index contributed by atoms with van der Waals surface area (Å²) in [4.78, 5) is 14.0. The van der Waals surface area contributed by atoms with Crippen LogP contribution in [0.3, 0.4) is 0 Å². The number of carbonyl (C=O) groups is 1. The maximum atomic E-state index is 11.6. The topological polar surface area (TPSA) is 61.8 Å². The van der Waals surface area contributed by atoms with Crippen LogP contribution in [0.4, 0.5) is 0 Å². The minimum Gasteiger partial charge on any atom is -0.480 e. The summed E-state index contributed by atoms with van der Waals surface area (Å²) in [5.41, 5.74) is -0.758. The Kier molecular flexibility index (Phi) is 7.48. The Labute approximate surface area is 122 Å². The van der Waals surface area contributed by atoms with Crippen molar-refractivity contribution < 1.29 is 14.6 Å². The fraction of sp³-hybridized carbons (Fsp3) is 0.933. The highest BCUT2D eigenvalue weighted by molar-refractivity contribution is 5.78. The number of hydrogen-bond donors (Lipinski definition) is 2. The van der Waals surface area contributed by atoms with Crippen molar-refractivity contribution in [2.24, 2.45) is 0 Å². The summed E-state index contributed by atoms with van der Waals surface area (Å²) >= 11 is 0. The number of carboxylic acids is 1. The van der Waals surface area contributed by atoms with E-state index in [4.69, 9.17) is 4.74 Å².